The molecular weight excluding hydrogens is 358 g/mol. The van der Waals surface area contributed by atoms with Crippen LogP contribution in [0.5, 0.6) is 11.5 Å². The Balaban J connectivity index is 1.41. The van der Waals surface area contributed by atoms with Crippen molar-refractivity contribution >= 4 is 17.6 Å². The van der Waals surface area contributed by atoms with Gasteiger partial charge in [0, 0.05) is 31.4 Å². The Labute approximate surface area is 166 Å². The molecule has 3 aliphatic heterocycles. The second kappa shape index (κ2) is 7.89. The van der Waals surface area contributed by atoms with Gasteiger partial charge >= 0.3 is 6.03 Å². The third-order valence-corrected chi connectivity index (χ3v) is 6.24. The number of nitrogens with zero attached hydrogens (tertiary/aromatic N) is 2. The minimum atomic E-state index is -0.363. The second-order valence-corrected chi connectivity index (χ2v) is 8.17. The number of piperidine rings is 1. The number of nitrogens with one attached hydrogen (secondary N) is 1. The molecule has 0 aromatic heterocycles. The van der Waals surface area contributed by atoms with Crippen LogP contribution < -0.4 is 14.8 Å². The molecule has 4 rings (SSSR count). The maximum Gasteiger partial charge on any atom is 0.322 e. The van der Waals surface area contributed by atoms with E-state index >= 15 is 0 Å². The third kappa shape index (κ3) is 3.75. The third-order valence-electron chi connectivity index (χ3n) is 6.24. The van der Waals surface area contributed by atoms with Gasteiger partial charge in [0.1, 0.15) is 19.3 Å². The molecule has 0 bridgehead atoms. The van der Waals surface area contributed by atoms with Crippen molar-refractivity contribution in [3.05, 3.63) is 18.2 Å². The van der Waals surface area contributed by atoms with Crippen LogP contribution in [0.1, 0.15) is 33.1 Å². The quantitative estimate of drug-likeness (QED) is 0.847. The zero-order valence-electron chi connectivity index (χ0n) is 16.6. The highest BCUT2D eigenvalue weighted by Crippen LogP contribution is 2.33. The summed E-state index contributed by atoms with van der Waals surface area (Å²) in [6.07, 6.45) is 2.61. The van der Waals surface area contributed by atoms with Gasteiger partial charge in [-0.3, -0.25) is 4.79 Å². The molecule has 1 aromatic carbocycles. The molecule has 3 heterocycles. The van der Waals surface area contributed by atoms with E-state index in [9.17, 15) is 9.59 Å². The number of carbonyl (C=O) groups excluding carboxylic acids is 2. The van der Waals surface area contributed by atoms with Crippen molar-refractivity contribution < 1.29 is 19.1 Å². The summed E-state index contributed by atoms with van der Waals surface area (Å²) in [7, 11) is 0. The number of hydrogen-bond acceptors (Lipinski definition) is 4. The van der Waals surface area contributed by atoms with Crippen LogP contribution in [-0.4, -0.2) is 60.6 Å². The van der Waals surface area contributed by atoms with Gasteiger partial charge in [0.2, 0.25) is 5.91 Å². The van der Waals surface area contributed by atoms with Crippen LogP contribution in [0.4, 0.5) is 10.5 Å². The van der Waals surface area contributed by atoms with E-state index in [0.717, 1.165) is 32.4 Å². The van der Waals surface area contributed by atoms with Crippen molar-refractivity contribution in [3.8, 4) is 11.5 Å². The Bertz CT molecular complexity index is 753. The average molecular weight is 387 g/mol. The lowest BCUT2D eigenvalue weighted by atomic mass is 9.88. The largest absolute Gasteiger partial charge is 0.486 e. The monoisotopic (exact) mass is 387 g/mol. The zero-order valence-corrected chi connectivity index (χ0v) is 16.6. The number of ether oxygens (including phenoxy) is 2. The Morgan fingerprint density at radius 1 is 1.04 bits per heavy atom. The Hall–Kier alpha value is -2.44. The fourth-order valence-corrected chi connectivity index (χ4v) is 4.26. The van der Waals surface area contributed by atoms with Gasteiger partial charge in [0.15, 0.2) is 11.5 Å². The van der Waals surface area contributed by atoms with E-state index in [4.69, 9.17) is 9.47 Å². The van der Waals surface area contributed by atoms with Gasteiger partial charge in [-0.15, -0.1) is 0 Å². The maximum absolute atomic E-state index is 13.1. The van der Waals surface area contributed by atoms with Crippen molar-refractivity contribution in [2.75, 3.05) is 38.2 Å². The molecular formula is C21H29N3O4. The van der Waals surface area contributed by atoms with E-state index in [0.29, 0.717) is 48.8 Å². The van der Waals surface area contributed by atoms with E-state index in [1.807, 2.05) is 4.90 Å². The van der Waals surface area contributed by atoms with E-state index in [1.54, 1.807) is 23.1 Å². The van der Waals surface area contributed by atoms with Crippen molar-refractivity contribution in [1.29, 1.82) is 0 Å². The van der Waals surface area contributed by atoms with Gasteiger partial charge in [-0.25, -0.2) is 4.79 Å². The first kappa shape index (κ1) is 18.9. The summed E-state index contributed by atoms with van der Waals surface area (Å²) in [6, 6.07) is 4.77. The van der Waals surface area contributed by atoms with Gasteiger partial charge in [0.05, 0.1) is 0 Å². The number of amides is 3. The lowest BCUT2D eigenvalue weighted by Crippen LogP contribution is -2.52. The number of rotatable bonds is 2. The molecule has 3 amide bonds. The molecule has 1 N–H and O–H groups in total. The zero-order chi connectivity index (χ0) is 19.7. The molecule has 1 aromatic rings. The normalized spacial score (nSPS) is 26.9. The summed E-state index contributed by atoms with van der Waals surface area (Å²) in [6.45, 7) is 7.66. The Morgan fingerprint density at radius 3 is 2.61 bits per heavy atom. The lowest BCUT2D eigenvalue weighted by Gasteiger charge is -2.38. The molecule has 7 heteroatoms. The first-order chi connectivity index (χ1) is 13.5. The number of hydrogen-bond donors (Lipinski definition) is 1. The molecule has 152 valence electrons. The van der Waals surface area contributed by atoms with Crippen molar-refractivity contribution in [1.82, 2.24) is 9.80 Å². The molecule has 0 radical (unpaired) electrons. The topological polar surface area (TPSA) is 71.1 Å². The number of fused-ring (bicyclic) bond motifs is 1. The van der Waals surface area contributed by atoms with Crippen LogP contribution in [-0.2, 0) is 4.79 Å². The number of likely N-dealkylation sites (tertiary alicyclic amines) is 2. The smallest absolute Gasteiger partial charge is 0.322 e. The minimum Gasteiger partial charge on any atom is -0.486 e. The lowest BCUT2D eigenvalue weighted by molar-refractivity contribution is -0.137. The van der Waals surface area contributed by atoms with Crippen LogP contribution in [0.25, 0.3) is 0 Å². The van der Waals surface area contributed by atoms with E-state index in [-0.39, 0.29) is 18.0 Å². The van der Waals surface area contributed by atoms with Crippen LogP contribution in [0, 0.1) is 11.8 Å². The Kier molecular flexibility index (Phi) is 5.33. The molecule has 3 atom stereocenters. The predicted molar refractivity (Wildman–Crippen MR) is 106 cm³/mol. The Morgan fingerprint density at radius 2 is 1.82 bits per heavy atom. The van der Waals surface area contributed by atoms with Crippen molar-refractivity contribution in [2.45, 2.75) is 39.2 Å². The molecule has 0 saturated carbocycles. The van der Waals surface area contributed by atoms with Crippen molar-refractivity contribution in [3.63, 3.8) is 0 Å². The molecule has 2 unspecified atom stereocenters. The van der Waals surface area contributed by atoms with Crippen LogP contribution in [0.3, 0.4) is 0 Å². The molecule has 28 heavy (non-hydrogen) atoms. The summed E-state index contributed by atoms with van der Waals surface area (Å²) in [4.78, 5) is 29.6. The number of benzene rings is 1. The SMILES string of the molecule is CC1CCN(C(=O)[C@@H]2CCCN2C(=O)Nc2ccc3c(c2)OCCO3)CC1C. The fourth-order valence-electron chi connectivity index (χ4n) is 4.26. The number of anilines is 1. The molecule has 0 aliphatic carbocycles. The average Bonchev–Trinajstić information content (AvgIpc) is 3.19. The van der Waals surface area contributed by atoms with Crippen LogP contribution >= 0.6 is 0 Å². The fraction of sp³-hybridized carbons (Fsp3) is 0.619. The maximum atomic E-state index is 13.1. The van der Waals surface area contributed by atoms with E-state index in [1.165, 1.54) is 0 Å². The summed E-state index contributed by atoms with van der Waals surface area (Å²) in [5.41, 5.74) is 0.646. The second-order valence-electron chi connectivity index (χ2n) is 8.17. The minimum absolute atomic E-state index is 0.0913. The standard InChI is InChI=1S/C21H29N3O4/c1-14-7-9-23(13-15(14)2)20(25)17-4-3-8-24(17)21(26)22-16-5-6-18-19(12-16)28-11-10-27-18/h5-6,12,14-15,17H,3-4,7-11,13H2,1-2H3,(H,22,26)/t14?,15?,17-/m0/s1. The summed E-state index contributed by atoms with van der Waals surface area (Å²) in [5, 5.41) is 2.92. The van der Waals surface area contributed by atoms with Crippen molar-refractivity contribution in [2.24, 2.45) is 11.8 Å². The highest BCUT2D eigenvalue weighted by atomic mass is 16.6. The molecule has 7 nitrogen and oxygen atoms in total. The first-order valence-electron chi connectivity index (χ1n) is 10.3. The molecule has 2 fully saturated rings. The summed E-state index contributed by atoms with van der Waals surface area (Å²) >= 11 is 0. The predicted octanol–water partition coefficient (Wildman–Crippen LogP) is 2.96. The van der Waals surface area contributed by atoms with Gasteiger partial charge in [0.25, 0.3) is 0 Å². The highest BCUT2D eigenvalue weighted by molar-refractivity contribution is 5.94. The molecule has 2 saturated heterocycles. The molecule has 0 spiro atoms. The van der Waals surface area contributed by atoms with Gasteiger partial charge < -0.3 is 24.6 Å². The van der Waals surface area contributed by atoms with Gasteiger partial charge in [-0.05, 0) is 43.2 Å². The number of carbonyl (C=O) groups is 2. The molecule has 3 aliphatic rings. The van der Waals surface area contributed by atoms with Crippen LogP contribution in [0.2, 0.25) is 0 Å². The first-order valence-corrected chi connectivity index (χ1v) is 10.3. The van der Waals surface area contributed by atoms with E-state index in [2.05, 4.69) is 19.2 Å². The van der Waals surface area contributed by atoms with E-state index < -0.39 is 0 Å². The summed E-state index contributed by atoms with van der Waals surface area (Å²) in [5.74, 6) is 2.55. The number of urea groups is 1. The van der Waals surface area contributed by atoms with Crippen LogP contribution in [0.15, 0.2) is 18.2 Å². The highest BCUT2D eigenvalue weighted by Gasteiger charge is 2.38. The van der Waals surface area contributed by atoms with Gasteiger partial charge in [-0.2, -0.15) is 0 Å². The van der Waals surface area contributed by atoms with Gasteiger partial charge in [-0.1, -0.05) is 13.8 Å². The summed E-state index contributed by atoms with van der Waals surface area (Å²) < 4.78 is 11.1.